The predicted molar refractivity (Wildman–Crippen MR) is 138 cm³/mol. The molecule has 0 radical (unpaired) electrons. The van der Waals surface area contributed by atoms with Crippen LogP contribution in [0.1, 0.15) is 18.2 Å². The molecule has 39 heavy (non-hydrogen) atoms. The third-order valence-electron chi connectivity index (χ3n) is 5.81. The molecule has 4 rings (SSSR count). The molecule has 0 saturated carbocycles. The number of rotatable bonds is 11. The highest BCUT2D eigenvalue weighted by atomic mass is 31.2. The van der Waals surface area contributed by atoms with Crippen molar-refractivity contribution < 1.29 is 32.3 Å². The van der Waals surface area contributed by atoms with E-state index in [2.05, 4.69) is 15.0 Å². The van der Waals surface area contributed by atoms with E-state index in [0.717, 1.165) is 0 Å². The van der Waals surface area contributed by atoms with Crippen molar-refractivity contribution in [3.8, 4) is 23.0 Å². The lowest BCUT2D eigenvalue weighted by molar-refractivity contribution is -0.0260. The molecule has 0 spiro atoms. The zero-order valence-electron chi connectivity index (χ0n) is 21.3. The van der Waals surface area contributed by atoms with Gasteiger partial charge in [0, 0.05) is 23.1 Å². The summed E-state index contributed by atoms with van der Waals surface area (Å²) in [6, 6.07) is 11.8. The van der Waals surface area contributed by atoms with Crippen LogP contribution in [0.2, 0.25) is 0 Å². The van der Waals surface area contributed by atoms with Crippen LogP contribution in [0.25, 0.3) is 10.4 Å². The second kappa shape index (κ2) is 12.1. The highest BCUT2D eigenvalue weighted by Crippen LogP contribution is 2.50. The summed E-state index contributed by atoms with van der Waals surface area (Å²) in [6.07, 6.45) is -0.335. The molecule has 2 aromatic carbocycles. The SMILES string of the molecule is COc1ccc(OP(=O)(OC[C@H]2O[C@@H](n3cc(C)c(=O)[nH]c3=O)C[C@@H]2N=[N+]=[N-])Oc2ccc(OC)cc2)cc1. The van der Waals surface area contributed by atoms with E-state index in [-0.39, 0.29) is 24.5 Å². The standard InChI is InChI=1S/C24H26N5O9P/c1-15-13-29(24(31)26-23(15)30)22-12-20(27-28-25)21(36-22)14-35-39(32,37-18-8-4-16(33-2)5-9-18)38-19-10-6-17(34-3)7-11-19/h4-11,13,20-22H,12,14H2,1-3H3,(H,26,30,31)/t20-,21+,22+/m0/s1. The Morgan fingerprint density at radius 1 is 1.03 bits per heavy atom. The molecule has 15 heteroatoms. The Morgan fingerprint density at radius 2 is 1.56 bits per heavy atom. The van der Waals surface area contributed by atoms with E-state index in [1.807, 2.05) is 0 Å². The number of phosphoric acid groups is 1. The molecular weight excluding hydrogens is 533 g/mol. The Hall–Kier alpha value is -4.22. The maximum absolute atomic E-state index is 13.8. The van der Waals surface area contributed by atoms with Gasteiger partial charge in [0.25, 0.3) is 5.56 Å². The van der Waals surface area contributed by atoms with Gasteiger partial charge in [-0.1, -0.05) is 5.11 Å². The summed E-state index contributed by atoms with van der Waals surface area (Å²) >= 11 is 0. The van der Waals surface area contributed by atoms with Crippen molar-refractivity contribution in [3.05, 3.63) is 91.6 Å². The quantitative estimate of drug-likeness (QED) is 0.157. The van der Waals surface area contributed by atoms with Crippen molar-refractivity contribution in [2.24, 2.45) is 5.11 Å². The molecule has 1 aromatic heterocycles. The van der Waals surface area contributed by atoms with Gasteiger partial charge in [-0.15, -0.1) is 0 Å². The highest BCUT2D eigenvalue weighted by Gasteiger charge is 2.40. The van der Waals surface area contributed by atoms with Crippen molar-refractivity contribution in [2.45, 2.75) is 31.7 Å². The average molecular weight is 559 g/mol. The molecule has 3 aromatic rings. The van der Waals surface area contributed by atoms with E-state index in [0.29, 0.717) is 17.1 Å². The molecule has 0 unspecified atom stereocenters. The Balaban J connectivity index is 1.56. The Morgan fingerprint density at radius 3 is 2.08 bits per heavy atom. The van der Waals surface area contributed by atoms with Crippen LogP contribution < -0.4 is 29.8 Å². The van der Waals surface area contributed by atoms with Crippen LogP contribution >= 0.6 is 7.82 Å². The number of aromatic nitrogens is 2. The lowest BCUT2D eigenvalue weighted by atomic mass is 10.1. The molecule has 1 N–H and O–H groups in total. The minimum Gasteiger partial charge on any atom is -0.497 e. The molecule has 0 amide bonds. The molecule has 3 atom stereocenters. The number of aryl methyl sites for hydroxylation is 1. The predicted octanol–water partition coefficient (Wildman–Crippen LogP) is 4.11. The summed E-state index contributed by atoms with van der Waals surface area (Å²) in [6.45, 7) is 1.17. The van der Waals surface area contributed by atoms with Crippen molar-refractivity contribution in [3.63, 3.8) is 0 Å². The van der Waals surface area contributed by atoms with Gasteiger partial charge in [-0.25, -0.2) is 9.36 Å². The van der Waals surface area contributed by atoms with Crippen LogP contribution in [-0.4, -0.2) is 42.5 Å². The van der Waals surface area contributed by atoms with Gasteiger partial charge in [0.05, 0.1) is 33.0 Å². The molecule has 1 fully saturated rings. The van der Waals surface area contributed by atoms with Gasteiger partial charge in [0.2, 0.25) is 0 Å². The zero-order valence-corrected chi connectivity index (χ0v) is 22.1. The largest absolute Gasteiger partial charge is 0.587 e. The van der Waals surface area contributed by atoms with Crippen molar-refractivity contribution >= 4 is 7.82 Å². The number of ether oxygens (including phenoxy) is 3. The van der Waals surface area contributed by atoms with Crippen LogP contribution in [-0.2, 0) is 13.8 Å². The van der Waals surface area contributed by atoms with Crippen LogP contribution in [0.4, 0.5) is 0 Å². The maximum atomic E-state index is 13.8. The molecular formula is C24H26N5O9P. The molecule has 14 nitrogen and oxygen atoms in total. The third-order valence-corrected chi connectivity index (χ3v) is 7.14. The Labute approximate surface area is 222 Å². The monoisotopic (exact) mass is 559 g/mol. The number of hydrogen-bond donors (Lipinski definition) is 1. The smallest absolute Gasteiger partial charge is 0.497 e. The van der Waals surface area contributed by atoms with Gasteiger partial charge in [-0.05, 0) is 61.0 Å². The van der Waals surface area contributed by atoms with Gasteiger partial charge in [-0.3, -0.25) is 18.9 Å². The number of phosphoric ester groups is 1. The number of azide groups is 1. The third kappa shape index (κ3) is 6.81. The average Bonchev–Trinajstić information content (AvgIpc) is 3.33. The van der Waals surface area contributed by atoms with E-state index in [1.165, 1.54) is 49.2 Å². The number of nitrogens with zero attached hydrogens (tertiary/aromatic N) is 4. The number of H-pyrrole nitrogens is 1. The van der Waals surface area contributed by atoms with E-state index in [4.69, 9.17) is 33.3 Å². The molecule has 1 saturated heterocycles. The first kappa shape index (κ1) is 27.8. The topological polar surface area (TPSA) is 176 Å². The van der Waals surface area contributed by atoms with E-state index in [9.17, 15) is 14.2 Å². The summed E-state index contributed by atoms with van der Waals surface area (Å²) in [5, 5.41) is 3.75. The van der Waals surface area contributed by atoms with Crippen molar-refractivity contribution in [2.75, 3.05) is 20.8 Å². The number of benzene rings is 2. The molecule has 1 aliphatic rings. The summed E-state index contributed by atoms with van der Waals surface area (Å²) in [4.78, 5) is 29.2. The number of aromatic amines is 1. The summed E-state index contributed by atoms with van der Waals surface area (Å²) < 4.78 is 48.1. The minimum atomic E-state index is -4.34. The summed E-state index contributed by atoms with van der Waals surface area (Å²) in [5.41, 5.74) is 8.15. The summed E-state index contributed by atoms with van der Waals surface area (Å²) in [5.74, 6) is 1.48. The first-order chi connectivity index (χ1) is 18.7. The Bertz CT molecular complexity index is 1450. The highest BCUT2D eigenvalue weighted by molar-refractivity contribution is 7.49. The molecule has 0 aliphatic carbocycles. The van der Waals surface area contributed by atoms with Crippen molar-refractivity contribution in [1.29, 1.82) is 0 Å². The fourth-order valence-corrected chi connectivity index (χ4v) is 5.02. The lowest BCUT2D eigenvalue weighted by Crippen LogP contribution is -2.33. The van der Waals surface area contributed by atoms with E-state index < -0.39 is 37.4 Å². The molecule has 2 heterocycles. The van der Waals surface area contributed by atoms with Gasteiger partial charge in [0.15, 0.2) is 0 Å². The van der Waals surface area contributed by atoms with Gasteiger partial charge in [-0.2, -0.15) is 0 Å². The minimum absolute atomic E-state index is 0.104. The fraction of sp³-hybridized carbons (Fsp3) is 0.333. The second-order valence-corrected chi connectivity index (χ2v) is 9.91. The maximum Gasteiger partial charge on any atom is 0.587 e. The summed E-state index contributed by atoms with van der Waals surface area (Å²) in [7, 11) is -1.32. The van der Waals surface area contributed by atoms with E-state index >= 15 is 0 Å². The number of methoxy groups -OCH3 is 2. The molecule has 206 valence electrons. The number of nitrogens with one attached hydrogen (secondary N) is 1. The van der Waals surface area contributed by atoms with Gasteiger partial charge in [0.1, 0.15) is 29.2 Å². The molecule has 1 aliphatic heterocycles. The van der Waals surface area contributed by atoms with Crippen molar-refractivity contribution in [1.82, 2.24) is 9.55 Å². The van der Waals surface area contributed by atoms with Crippen LogP contribution in [0, 0.1) is 6.92 Å². The first-order valence-electron chi connectivity index (χ1n) is 11.7. The van der Waals surface area contributed by atoms with Crippen LogP contribution in [0.3, 0.4) is 0 Å². The Kier molecular flexibility index (Phi) is 8.62. The number of hydrogen-bond acceptors (Lipinski definition) is 10. The second-order valence-electron chi connectivity index (χ2n) is 8.39. The van der Waals surface area contributed by atoms with E-state index in [1.54, 1.807) is 31.2 Å². The normalized spacial score (nSPS) is 18.7. The van der Waals surface area contributed by atoms with Crippen LogP contribution in [0.15, 0.2) is 69.4 Å². The first-order valence-corrected chi connectivity index (χ1v) is 13.1. The van der Waals surface area contributed by atoms with Gasteiger partial charge >= 0.3 is 13.5 Å². The molecule has 0 bridgehead atoms. The lowest BCUT2D eigenvalue weighted by Gasteiger charge is -2.22. The fourth-order valence-electron chi connectivity index (χ4n) is 3.79. The van der Waals surface area contributed by atoms with Gasteiger partial charge < -0.3 is 23.3 Å². The zero-order chi connectivity index (χ0) is 28.0. The van der Waals surface area contributed by atoms with Crippen LogP contribution in [0.5, 0.6) is 23.0 Å².